The van der Waals surface area contributed by atoms with Crippen molar-refractivity contribution >= 4 is 5.91 Å². The first kappa shape index (κ1) is 13.5. The molecule has 0 bridgehead atoms. The van der Waals surface area contributed by atoms with Crippen LogP contribution in [-0.4, -0.2) is 24.0 Å². The molecule has 0 fully saturated rings. The van der Waals surface area contributed by atoms with E-state index < -0.39 is 12.1 Å². The highest BCUT2D eigenvalue weighted by Crippen LogP contribution is 2.20. The van der Waals surface area contributed by atoms with Crippen LogP contribution in [0.2, 0.25) is 0 Å². The minimum atomic E-state index is -4.81. The number of carbonyl (C=O) groups is 1. The molecule has 0 aliphatic heterocycles. The van der Waals surface area contributed by atoms with E-state index in [0.717, 1.165) is 23.7 Å². The van der Waals surface area contributed by atoms with Gasteiger partial charge in [0.25, 0.3) is 0 Å². The van der Waals surface area contributed by atoms with Crippen molar-refractivity contribution < 1.29 is 18.0 Å². The minimum absolute atomic E-state index is 0.0359. The lowest BCUT2D eigenvalue weighted by Gasteiger charge is -2.20. The molecule has 0 saturated heterocycles. The van der Waals surface area contributed by atoms with Crippen molar-refractivity contribution in [2.24, 2.45) is 0 Å². The summed E-state index contributed by atoms with van der Waals surface area (Å²) in [5.74, 6) is -1.82. The molecule has 0 spiro atoms. The second kappa shape index (κ2) is 4.77. The Morgan fingerprint density at radius 2 is 1.88 bits per heavy atom. The van der Waals surface area contributed by atoms with E-state index in [0.29, 0.717) is 4.90 Å². The van der Waals surface area contributed by atoms with E-state index in [1.807, 2.05) is 19.1 Å². The summed E-state index contributed by atoms with van der Waals surface area (Å²) in [6.45, 7) is 3.63. The molecule has 0 aromatic heterocycles. The summed E-state index contributed by atoms with van der Waals surface area (Å²) in [4.78, 5) is 11.6. The third kappa shape index (κ3) is 3.47. The number of amides is 1. The number of aryl methyl sites for hydroxylation is 2. The third-order valence-electron chi connectivity index (χ3n) is 2.50. The number of halogens is 3. The lowest BCUT2D eigenvalue weighted by molar-refractivity contribution is -0.184. The molecule has 1 aromatic carbocycles. The quantitative estimate of drug-likeness (QED) is 0.784. The predicted molar refractivity (Wildman–Crippen MR) is 58.4 cm³/mol. The van der Waals surface area contributed by atoms with Crippen LogP contribution in [0.25, 0.3) is 0 Å². The van der Waals surface area contributed by atoms with E-state index in [1.165, 1.54) is 0 Å². The van der Waals surface area contributed by atoms with Crippen molar-refractivity contribution in [3.63, 3.8) is 0 Å². The minimum Gasteiger partial charge on any atom is -0.334 e. The van der Waals surface area contributed by atoms with Crippen molar-refractivity contribution in [2.45, 2.75) is 26.6 Å². The fourth-order valence-electron chi connectivity index (χ4n) is 1.51. The molecule has 1 rings (SSSR count). The molecule has 1 amide bonds. The van der Waals surface area contributed by atoms with Gasteiger partial charge in [0.2, 0.25) is 0 Å². The van der Waals surface area contributed by atoms with Gasteiger partial charge in [0.15, 0.2) is 0 Å². The molecule has 0 aliphatic carbocycles. The maximum absolute atomic E-state index is 12.2. The zero-order valence-electron chi connectivity index (χ0n) is 9.93. The Labute approximate surface area is 98.0 Å². The first-order valence-electron chi connectivity index (χ1n) is 5.10. The molecule has 0 N–H and O–H groups in total. The molecule has 1 aromatic rings. The van der Waals surface area contributed by atoms with Gasteiger partial charge in [-0.1, -0.05) is 23.8 Å². The number of carbonyl (C=O) groups excluding carboxylic acids is 1. The van der Waals surface area contributed by atoms with Crippen LogP contribution in [0.1, 0.15) is 16.7 Å². The Morgan fingerprint density at radius 3 is 2.41 bits per heavy atom. The van der Waals surface area contributed by atoms with Gasteiger partial charge in [-0.05, 0) is 25.0 Å². The summed E-state index contributed by atoms with van der Waals surface area (Å²) in [7, 11) is 1.15. The lowest BCUT2D eigenvalue weighted by atomic mass is 10.1. The topological polar surface area (TPSA) is 20.3 Å². The van der Waals surface area contributed by atoms with E-state index in [9.17, 15) is 18.0 Å². The smallest absolute Gasteiger partial charge is 0.334 e. The van der Waals surface area contributed by atoms with E-state index in [4.69, 9.17) is 0 Å². The molecule has 0 heterocycles. The fraction of sp³-hybridized carbons (Fsp3) is 0.417. The maximum Gasteiger partial charge on any atom is 0.471 e. The van der Waals surface area contributed by atoms with Crippen molar-refractivity contribution in [1.82, 2.24) is 4.90 Å². The van der Waals surface area contributed by atoms with Crippen molar-refractivity contribution in [3.05, 3.63) is 34.9 Å². The number of hydrogen-bond acceptors (Lipinski definition) is 1. The van der Waals surface area contributed by atoms with Gasteiger partial charge in [-0.15, -0.1) is 0 Å². The zero-order chi connectivity index (χ0) is 13.2. The molecule has 94 valence electrons. The van der Waals surface area contributed by atoms with E-state index in [1.54, 1.807) is 13.0 Å². The van der Waals surface area contributed by atoms with Crippen molar-refractivity contribution in [2.75, 3.05) is 7.05 Å². The predicted octanol–water partition coefficient (Wildman–Crippen LogP) is 2.82. The van der Waals surface area contributed by atoms with E-state index >= 15 is 0 Å². The summed E-state index contributed by atoms with van der Waals surface area (Å²) in [5.41, 5.74) is 2.56. The van der Waals surface area contributed by atoms with Crippen molar-refractivity contribution in [3.8, 4) is 0 Å². The molecule has 2 nitrogen and oxygen atoms in total. The molecule has 5 heteroatoms. The molecule has 17 heavy (non-hydrogen) atoms. The standard InChI is InChI=1S/C12H14F3NO/c1-8-4-5-9(2)10(6-8)7-16(3)11(17)12(13,14)15/h4-6H,7H2,1-3H3. The average molecular weight is 245 g/mol. The molecule has 0 aliphatic rings. The van der Waals surface area contributed by atoms with Crippen LogP contribution in [0.3, 0.4) is 0 Å². The maximum atomic E-state index is 12.2. The van der Waals surface area contributed by atoms with Crippen LogP contribution in [0, 0.1) is 13.8 Å². The normalized spacial score (nSPS) is 11.4. The van der Waals surface area contributed by atoms with Gasteiger partial charge in [0.05, 0.1) is 0 Å². The summed E-state index contributed by atoms with van der Waals surface area (Å²) in [5, 5.41) is 0. The van der Waals surface area contributed by atoms with Gasteiger partial charge in [0, 0.05) is 13.6 Å². The number of alkyl halides is 3. The summed E-state index contributed by atoms with van der Waals surface area (Å²) in [6.07, 6.45) is -4.81. The lowest BCUT2D eigenvalue weighted by Crippen LogP contribution is -2.38. The number of hydrogen-bond donors (Lipinski definition) is 0. The molecule has 0 atom stereocenters. The van der Waals surface area contributed by atoms with E-state index in [2.05, 4.69) is 0 Å². The number of nitrogens with zero attached hydrogens (tertiary/aromatic N) is 1. The van der Waals surface area contributed by atoms with E-state index in [-0.39, 0.29) is 6.54 Å². The molecular formula is C12H14F3NO. The Balaban J connectivity index is 2.85. The SMILES string of the molecule is Cc1ccc(C)c(CN(C)C(=O)C(F)(F)F)c1. The van der Waals surface area contributed by atoms with Crippen LogP contribution >= 0.6 is 0 Å². The Morgan fingerprint density at radius 1 is 1.29 bits per heavy atom. The summed E-state index contributed by atoms with van der Waals surface area (Å²) >= 11 is 0. The van der Waals surface area contributed by atoms with Gasteiger partial charge in [-0.25, -0.2) is 0 Å². The van der Waals surface area contributed by atoms with Gasteiger partial charge in [0.1, 0.15) is 0 Å². The Hall–Kier alpha value is -1.52. The van der Waals surface area contributed by atoms with Gasteiger partial charge < -0.3 is 4.90 Å². The Bertz CT molecular complexity index is 426. The second-order valence-corrected chi connectivity index (χ2v) is 4.09. The zero-order valence-corrected chi connectivity index (χ0v) is 9.93. The molecule has 0 unspecified atom stereocenters. The van der Waals surface area contributed by atoms with Crippen LogP contribution in [0.5, 0.6) is 0 Å². The summed E-state index contributed by atoms with van der Waals surface area (Å²) in [6, 6.07) is 5.50. The first-order valence-corrected chi connectivity index (χ1v) is 5.10. The fourth-order valence-corrected chi connectivity index (χ4v) is 1.51. The molecule has 0 radical (unpaired) electrons. The monoisotopic (exact) mass is 245 g/mol. The molecular weight excluding hydrogens is 231 g/mol. The largest absolute Gasteiger partial charge is 0.471 e. The van der Waals surface area contributed by atoms with Crippen molar-refractivity contribution in [1.29, 1.82) is 0 Å². The average Bonchev–Trinajstić information content (AvgIpc) is 2.21. The Kier molecular flexibility index (Phi) is 3.80. The van der Waals surface area contributed by atoms with Crippen LogP contribution < -0.4 is 0 Å². The first-order chi connectivity index (χ1) is 7.71. The molecule has 0 saturated carbocycles. The van der Waals surface area contributed by atoms with Crippen LogP contribution in [-0.2, 0) is 11.3 Å². The highest BCUT2D eigenvalue weighted by molar-refractivity contribution is 5.81. The summed E-state index contributed by atoms with van der Waals surface area (Å²) < 4.78 is 36.6. The van der Waals surface area contributed by atoms with Gasteiger partial charge in [-0.3, -0.25) is 4.79 Å². The highest BCUT2D eigenvalue weighted by Gasteiger charge is 2.41. The number of rotatable bonds is 2. The van der Waals surface area contributed by atoms with Crippen LogP contribution in [0.15, 0.2) is 18.2 Å². The number of benzene rings is 1. The van der Waals surface area contributed by atoms with Crippen LogP contribution in [0.4, 0.5) is 13.2 Å². The van der Waals surface area contributed by atoms with Gasteiger partial charge >= 0.3 is 12.1 Å². The second-order valence-electron chi connectivity index (χ2n) is 4.09. The van der Waals surface area contributed by atoms with Gasteiger partial charge in [-0.2, -0.15) is 13.2 Å². The third-order valence-corrected chi connectivity index (χ3v) is 2.50. The highest BCUT2D eigenvalue weighted by atomic mass is 19.4.